The molecule has 0 saturated carbocycles. The first-order valence-electron chi connectivity index (χ1n) is 10.8. The highest BCUT2D eigenvalue weighted by Gasteiger charge is 2.24. The molecule has 4 rings (SSSR count). The van der Waals surface area contributed by atoms with Crippen LogP contribution in [0.15, 0.2) is 83.5 Å². The summed E-state index contributed by atoms with van der Waals surface area (Å²) in [6.07, 6.45) is 2.60. The zero-order valence-corrected chi connectivity index (χ0v) is 18.2. The first kappa shape index (κ1) is 21.4. The first-order chi connectivity index (χ1) is 15.7. The molecular weight excluding hydrogens is 402 g/mol. The molecule has 0 N–H and O–H groups in total. The van der Waals surface area contributed by atoms with Gasteiger partial charge in [-0.3, -0.25) is 0 Å². The van der Waals surface area contributed by atoms with Crippen LogP contribution in [-0.4, -0.2) is 25.1 Å². The van der Waals surface area contributed by atoms with Gasteiger partial charge in [0.1, 0.15) is 0 Å². The maximum absolute atomic E-state index is 12.4. The molecule has 0 spiro atoms. The summed E-state index contributed by atoms with van der Waals surface area (Å²) in [5.74, 6) is 1.15. The fourth-order valence-electron chi connectivity index (χ4n) is 3.34. The van der Waals surface area contributed by atoms with Gasteiger partial charge in [-0.1, -0.05) is 55.5 Å². The van der Waals surface area contributed by atoms with Gasteiger partial charge >= 0.3 is 5.97 Å². The maximum atomic E-state index is 12.4. The molecule has 32 heavy (non-hydrogen) atoms. The predicted molar refractivity (Wildman–Crippen MR) is 126 cm³/mol. The Hall–Kier alpha value is -3.86. The van der Waals surface area contributed by atoms with Crippen LogP contribution >= 0.6 is 0 Å². The SMILES string of the molecule is CCCOc1ccc(/C=C2\N=C(c3ccc(-c4ccccc4)cc3)OC2=O)cc1OCC. The third-order valence-corrected chi connectivity index (χ3v) is 4.89. The highest BCUT2D eigenvalue weighted by Crippen LogP contribution is 2.30. The van der Waals surface area contributed by atoms with E-state index in [1.807, 2.05) is 67.6 Å². The fourth-order valence-corrected chi connectivity index (χ4v) is 3.34. The van der Waals surface area contributed by atoms with Crippen molar-refractivity contribution in [1.82, 2.24) is 0 Å². The summed E-state index contributed by atoms with van der Waals surface area (Å²) in [7, 11) is 0. The van der Waals surface area contributed by atoms with Crippen molar-refractivity contribution in [3.05, 3.63) is 89.6 Å². The third-order valence-electron chi connectivity index (χ3n) is 4.89. The van der Waals surface area contributed by atoms with Gasteiger partial charge in [-0.2, -0.15) is 0 Å². The van der Waals surface area contributed by atoms with Crippen LogP contribution in [0.2, 0.25) is 0 Å². The van der Waals surface area contributed by atoms with Crippen molar-refractivity contribution < 1.29 is 19.0 Å². The number of ether oxygens (including phenoxy) is 3. The highest BCUT2D eigenvalue weighted by atomic mass is 16.6. The predicted octanol–water partition coefficient (Wildman–Crippen LogP) is 5.89. The Morgan fingerprint density at radius 3 is 2.28 bits per heavy atom. The van der Waals surface area contributed by atoms with E-state index in [9.17, 15) is 4.79 Å². The molecule has 0 aromatic heterocycles. The van der Waals surface area contributed by atoms with E-state index in [-0.39, 0.29) is 5.70 Å². The lowest BCUT2D eigenvalue weighted by atomic mass is 10.0. The van der Waals surface area contributed by atoms with E-state index >= 15 is 0 Å². The van der Waals surface area contributed by atoms with Gasteiger partial charge in [-0.15, -0.1) is 0 Å². The van der Waals surface area contributed by atoms with Gasteiger partial charge in [-0.25, -0.2) is 9.79 Å². The molecule has 1 aliphatic rings. The summed E-state index contributed by atoms with van der Waals surface area (Å²) in [6, 6.07) is 23.5. The molecule has 3 aromatic carbocycles. The van der Waals surface area contributed by atoms with E-state index in [2.05, 4.69) is 24.0 Å². The number of hydrogen-bond donors (Lipinski definition) is 0. The molecule has 3 aromatic rings. The lowest BCUT2D eigenvalue weighted by Crippen LogP contribution is -2.05. The maximum Gasteiger partial charge on any atom is 0.363 e. The number of carbonyl (C=O) groups is 1. The van der Waals surface area contributed by atoms with Crippen molar-refractivity contribution in [3.63, 3.8) is 0 Å². The number of esters is 1. The summed E-state index contributed by atoms with van der Waals surface area (Å²) in [4.78, 5) is 16.8. The molecule has 0 atom stereocenters. The van der Waals surface area contributed by atoms with Crippen LogP contribution in [0.1, 0.15) is 31.4 Å². The van der Waals surface area contributed by atoms with E-state index in [0.717, 1.165) is 28.7 Å². The Morgan fingerprint density at radius 2 is 1.56 bits per heavy atom. The van der Waals surface area contributed by atoms with E-state index in [1.165, 1.54) is 0 Å². The van der Waals surface area contributed by atoms with Crippen LogP contribution in [0.25, 0.3) is 17.2 Å². The number of hydrogen-bond acceptors (Lipinski definition) is 5. The zero-order valence-electron chi connectivity index (χ0n) is 18.2. The zero-order chi connectivity index (χ0) is 22.3. The normalized spacial score (nSPS) is 14.2. The Morgan fingerprint density at radius 1 is 0.844 bits per heavy atom. The summed E-state index contributed by atoms with van der Waals surface area (Å²) in [5.41, 5.74) is 4.00. The molecule has 0 aliphatic carbocycles. The molecule has 0 fully saturated rings. The molecule has 0 unspecified atom stereocenters. The standard InChI is InChI=1S/C27H25NO4/c1-3-16-31-24-15-10-19(18-25(24)30-4-2)17-23-27(29)32-26(28-23)22-13-11-21(12-14-22)20-8-6-5-7-9-20/h5-15,17-18H,3-4,16H2,1-2H3/b23-17-. The van der Waals surface area contributed by atoms with E-state index in [0.29, 0.717) is 30.6 Å². The lowest BCUT2D eigenvalue weighted by Gasteiger charge is -2.12. The summed E-state index contributed by atoms with van der Waals surface area (Å²) in [5, 5.41) is 0. The summed E-state index contributed by atoms with van der Waals surface area (Å²) >= 11 is 0. The van der Waals surface area contributed by atoms with Gasteiger partial charge in [0.2, 0.25) is 5.90 Å². The van der Waals surface area contributed by atoms with Crippen LogP contribution in [0, 0.1) is 0 Å². The van der Waals surface area contributed by atoms with Crippen LogP contribution < -0.4 is 9.47 Å². The molecule has 5 heteroatoms. The van der Waals surface area contributed by atoms with Crippen LogP contribution in [0.5, 0.6) is 11.5 Å². The number of aliphatic imine (C=N–C) groups is 1. The molecular formula is C27H25NO4. The molecule has 0 saturated heterocycles. The lowest BCUT2D eigenvalue weighted by molar-refractivity contribution is -0.129. The Bertz CT molecular complexity index is 1150. The number of rotatable bonds is 8. The minimum absolute atomic E-state index is 0.247. The summed E-state index contributed by atoms with van der Waals surface area (Å²) < 4.78 is 16.9. The average molecular weight is 428 g/mol. The minimum Gasteiger partial charge on any atom is -0.490 e. The quantitative estimate of drug-likeness (QED) is 0.332. The van der Waals surface area contributed by atoms with Gasteiger partial charge in [0.15, 0.2) is 17.2 Å². The molecule has 1 heterocycles. The average Bonchev–Trinajstić information content (AvgIpc) is 3.19. The van der Waals surface area contributed by atoms with Gasteiger partial charge in [0, 0.05) is 5.56 Å². The highest BCUT2D eigenvalue weighted by molar-refractivity contribution is 6.13. The van der Waals surface area contributed by atoms with E-state index in [4.69, 9.17) is 14.2 Å². The largest absolute Gasteiger partial charge is 0.490 e. The van der Waals surface area contributed by atoms with Crippen LogP contribution in [-0.2, 0) is 9.53 Å². The van der Waals surface area contributed by atoms with E-state index < -0.39 is 5.97 Å². The number of benzene rings is 3. The van der Waals surface area contributed by atoms with Gasteiger partial charge < -0.3 is 14.2 Å². The Kier molecular flexibility index (Phi) is 6.66. The van der Waals surface area contributed by atoms with Crippen molar-refractivity contribution in [1.29, 1.82) is 0 Å². The molecule has 162 valence electrons. The minimum atomic E-state index is -0.476. The molecule has 0 bridgehead atoms. The Labute approximate surface area is 188 Å². The third kappa shape index (κ3) is 4.89. The number of cyclic esters (lactones) is 1. The first-order valence-corrected chi connectivity index (χ1v) is 10.8. The Balaban J connectivity index is 1.56. The van der Waals surface area contributed by atoms with Crippen LogP contribution in [0.4, 0.5) is 0 Å². The monoisotopic (exact) mass is 427 g/mol. The summed E-state index contributed by atoms with van der Waals surface area (Å²) in [6.45, 7) is 5.10. The van der Waals surface area contributed by atoms with Crippen molar-refractivity contribution in [2.75, 3.05) is 13.2 Å². The van der Waals surface area contributed by atoms with Crippen molar-refractivity contribution in [3.8, 4) is 22.6 Å². The molecule has 5 nitrogen and oxygen atoms in total. The molecule has 0 radical (unpaired) electrons. The van der Waals surface area contributed by atoms with Crippen LogP contribution in [0.3, 0.4) is 0 Å². The number of nitrogens with zero attached hydrogens (tertiary/aromatic N) is 1. The second-order valence-corrected chi connectivity index (χ2v) is 7.27. The van der Waals surface area contributed by atoms with Crippen molar-refractivity contribution in [2.24, 2.45) is 4.99 Å². The van der Waals surface area contributed by atoms with Gasteiger partial charge in [-0.05, 0) is 60.4 Å². The molecule has 1 aliphatic heterocycles. The number of carbonyl (C=O) groups excluding carboxylic acids is 1. The fraction of sp³-hybridized carbons (Fsp3) is 0.185. The van der Waals surface area contributed by atoms with Crippen molar-refractivity contribution in [2.45, 2.75) is 20.3 Å². The smallest absolute Gasteiger partial charge is 0.363 e. The second kappa shape index (κ2) is 9.96. The van der Waals surface area contributed by atoms with Crippen molar-refractivity contribution >= 4 is 17.9 Å². The van der Waals surface area contributed by atoms with Gasteiger partial charge in [0.05, 0.1) is 13.2 Å². The van der Waals surface area contributed by atoms with E-state index in [1.54, 1.807) is 6.08 Å². The topological polar surface area (TPSA) is 57.1 Å². The molecule has 0 amide bonds. The second-order valence-electron chi connectivity index (χ2n) is 7.27. The van der Waals surface area contributed by atoms with Gasteiger partial charge in [0.25, 0.3) is 0 Å².